The molecule has 0 saturated carbocycles. The zero-order valence-electron chi connectivity index (χ0n) is 56.9. The number of amides is 11. The van der Waals surface area contributed by atoms with Crippen LogP contribution in [0.1, 0.15) is 122 Å². The molecule has 1 aliphatic heterocycles. The second kappa shape index (κ2) is 44.1. The van der Waals surface area contributed by atoms with Crippen molar-refractivity contribution in [1.29, 1.82) is 0 Å². The average Bonchev–Trinajstić information content (AvgIpc) is 1.69. The van der Waals surface area contributed by atoms with E-state index in [4.69, 9.17) is 45.9 Å². The normalized spacial score (nSPS) is 15.0. The third kappa shape index (κ3) is 31.8. The van der Waals surface area contributed by atoms with Crippen LogP contribution in [0.15, 0.2) is 69.6 Å². The summed E-state index contributed by atoms with van der Waals surface area (Å²) in [6.45, 7) is 6.67. The number of phenols is 1. The van der Waals surface area contributed by atoms with Gasteiger partial charge in [0.2, 0.25) is 65.0 Å². The van der Waals surface area contributed by atoms with Crippen molar-refractivity contribution >= 4 is 82.9 Å². The molecule has 544 valence electrons. The lowest BCUT2D eigenvalue weighted by molar-refractivity contribution is -0.142. The lowest BCUT2D eigenvalue weighted by Gasteiger charge is -2.31. The number of likely N-dealkylation sites (tertiary alicyclic amines) is 1. The monoisotopic (exact) mass is 1370 g/mol. The van der Waals surface area contributed by atoms with Gasteiger partial charge in [0.15, 0.2) is 17.9 Å². The summed E-state index contributed by atoms with van der Waals surface area (Å²) in [5.74, 6) is -9.22. The number of hydrogen-bond donors (Lipinski definition) is 19. The Labute approximate surface area is 572 Å². The second-order valence-corrected chi connectivity index (χ2v) is 24.9. The maximum Gasteiger partial charge on any atom is 0.245 e. The summed E-state index contributed by atoms with van der Waals surface area (Å²) < 4.78 is 0. The molecule has 0 aromatic heterocycles. The minimum absolute atomic E-state index is 0.00589. The highest BCUT2D eigenvalue weighted by atomic mass is 16.3. The molecule has 34 heteroatoms. The molecule has 98 heavy (non-hydrogen) atoms. The number of primary amides is 1. The first-order chi connectivity index (χ1) is 46.5. The molecule has 11 amide bonds. The number of carbonyl (C=O) groups excluding carboxylic acids is 11. The van der Waals surface area contributed by atoms with Crippen LogP contribution in [0.5, 0.6) is 5.75 Å². The van der Waals surface area contributed by atoms with Crippen molar-refractivity contribution in [3.05, 3.63) is 65.7 Å². The molecular formula is C64H106N22O12. The smallest absolute Gasteiger partial charge is 0.245 e. The quantitative estimate of drug-likeness (QED) is 0.0168. The fourth-order valence-electron chi connectivity index (χ4n) is 10.7. The lowest BCUT2D eigenvalue weighted by atomic mass is 10.00. The van der Waals surface area contributed by atoms with E-state index in [1.807, 2.05) is 0 Å². The van der Waals surface area contributed by atoms with Crippen LogP contribution in [0, 0.1) is 11.8 Å². The summed E-state index contributed by atoms with van der Waals surface area (Å²) in [5.41, 5.74) is 46.3. The van der Waals surface area contributed by atoms with Crippen LogP contribution in [0.4, 0.5) is 0 Å². The van der Waals surface area contributed by atoms with Gasteiger partial charge in [0, 0.05) is 32.6 Å². The molecule has 0 spiro atoms. The highest BCUT2D eigenvalue weighted by Gasteiger charge is 2.40. The van der Waals surface area contributed by atoms with E-state index < -0.39 is 132 Å². The number of aliphatic imine (C=N–C) groups is 3. The van der Waals surface area contributed by atoms with Crippen molar-refractivity contribution in [3.63, 3.8) is 0 Å². The van der Waals surface area contributed by atoms with E-state index in [2.05, 4.69) is 68.1 Å². The predicted octanol–water partition coefficient (Wildman–Crippen LogP) is -4.75. The molecule has 1 heterocycles. The molecular weight excluding hydrogens is 1270 g/mol. The summed E-state index contributed by atoms with van der Waals surface area (Å²) >= 11 is 0. The van der Waals surface area contributed by atoms with Gasteiger partial charge >= 0.3 is 0 Å². The third-order valence-corrected chi connectivity index (χ3v) is 15.7. The largest absolute Gasteiger partial charge is 0.508 e. The average molecular weight is 1380 g/mol. The summed E-state index contributed by atoms with van der Waals surface area (Å²) in [7, 11) is 1.58. The van der Waals surface area contributed by atoms with Crippen molar-refractivity contribution in [3.8, 4) is 5.75 Å². The molecule has 1 saturated heterocycles. The number of phenolic OH excluding ortho intramolecular Hbond substituents is 1. The van der Waals surface area contributed by atoms with Gasteiger partial charge in [-0.3, -0.25) is 67.7 Å². The molecule has 3 rings (SSSR count). The number of nitrogens with two attached hydrogens (primary N) is 8. The minimum atomic E-state index is -1.43. The molecule has 2 aromatic rings. The van der Waals surface area contributed by atoms with Crippen LogP contribution in [-0.2, 0) is 65.6 Å². The Morgan fingerprint density at radius 3 is 1.41 bits per heavy atom. The Hall–Kier alpha value is -9.86. The number of carbonyl (C=O) groups is 11. The Bertz CT molecular complexity index is 3010. The molecule has 2 aromatic carbocycles. The highest BCUT2D eigenvalue weighted by Crippen LogP contribution is 2.22. The number of rotatable bonds is 45. The first kappa shape index (κ1) is 82.4. The number of guanidine groups is 3. The number of aromatic hydroxyl groups is 1. The van der Waals surface area contributed by atoms with Gasteiger partial charge in [-0.15, -0.1) is 0 Å². The van der Waals surface area contributed by atoms with Crippen LogP contribution in [-0.4, -0.2) is 200 Å². The number of unbranched alkanes of at least 4 members (excludes halogenated alkanes) is 1. The molecule has 0 unspecified atom stereocenters. The first-order valence-electron chi connectivity index (χ1n) is 33.1. The van der Waals surface area contributed by atoms with Crippen molar-refractivity contribution in [2.24, 2.45) is 72.7 Å². The van der Waals surface area contributed by atoms with Crippen LogP contribution in [0.3, 0.4) is 0 Å². The van der Waals surface area contributed by atoms with E-state index >= 15 is 0 Å². The van der Waals surface area contributed by atoms with E-state index in [0.717, 1.165) is 5.56 Å². The summed E-state index contributed by atoms with van der Waals surface area (Å²) in [6, 6.07) is 4.05. The first-order valence-corrected chi connectivity index (χ1v) is 33.1. The Kier molecular flexibility index (Phi) is 37.0. The van der Waals surface area contributed by atoms with E-state index in [1.165, 1.54) is 17.0 Å². The van der Waals surface area contributed by atoms with Gasteiger partial charge in [-0.1, -0.05) is 70.2 Å². The van der Waals surface area contributed by atoms with Gasteiger partial charge in [-0.05, 0) is 139 Å². The molecule has 0 aliphatic carbocycles. The van der Waals surface area contributed by atoms with Gasteiger partial charge in [0.25, 0.3) is 0 Å². The van der Waals surface area contributed by atoms with Gasteiger partial charge in [-0.2, -0.15) is 0 Å². The zero-order valence-corrected chi connectivity index (χ0v) is 56.9. The van der Waals surface area contributed by atoms with E-state index in [1.54, 1.807) is 77.2 Å². The number of likely N-dealkylation sites (N-methyl/N-ethyl adjacent to an activating group) is 1. The maximum atomic E-state index is 14.7. The summed E-state index contributed by atoms with van der Waals surface area (Å²) in [5, 5.41) is 36.6. The SMILES string of the molecule is CN[C@@H](Cc1ccc(O)cc1)C(=O)NCC(=O)NCC(=O)N[C@@H](Cc1ccccc1)C(=O)N[C@@H](CC(C)C)C(=O)N[C@@H](CCCN=C(N)N)C(=O)N[C@@H](CCCN=C(N)N)C(=O)N[C@H](CC(C)C)C(=O)N[C@@H](CCCN=C(N)N)C(=O)N1CCC[C@H]1C(=O)N[C@@H](CCCCN)C(N)=O. The predicted molar refractivity (Wildman–Crippen MR) is 370 cm³/mol. The van der Waals surface area contributed by atoms with Crippen molar-refractivity contribution < 1.29 is 57.8 Å². The zero-order chi connectivity index (χ0) is 72.9. The maximum absolute atomic E-state index is 14.7. The molecule has 27 N–H and O–H groups in total. The van der Waals surface area contributed by atoms with Crippen LogP contribution in [0.25, 0.3) is 0 Å². The van der Waals surface area contributed by atoms with Gasteiger partial charge < -0.3 is 109 Å². The lowest BCUT2D eigenvalue weighted by Crippen LogP contribution is -2.60. The summed E-state index contributed by atoms with van der Waals surface area (Å²) in [6.07, 6.45) is 2.39. The molecule has 34 nitrogen and oxygen atoms in total. The molecule has 0 radical (unpaired) electrons. The van der Waals surface area contributed by atoms with Crippen molar-refractivity contribution in [2.75, 3.05) is 52.9 Å². The Morgan fingerprint density at radius 1 is 0.490 bits per heavy atom. The number of nitrogens with zero attached hydrogens (tertiary/aromatic N) is 4. The van der Waals surface area contributed by atoms with E-state index in [0.29, 0.717) is 31.4 Å². The summed E-state index contributed by atoms with van der Waals surface area (Å²) in [4.78, 5) is 167. The van der Waals surface area contributed by atoms with Crippen LogP contribution >= 0.6 is 0 Å². The highest BCUT2D eigenvalue weighted by molar-refractivity contribution is 5.99. The van der Waals surface area contributed by atoms with Gasteiger partial charge in [0.1, 0.15) is 54.1 Å². The Morgan fingerprint density at radius 2 is 0.929 bits per heavy atom. The standard InChI is InChI=1S/C64H106N22O12/c1-37(2)31-47(85-59(96)49(34-39-15-7-6-8-16-39)79-52(89)36-77-51(88)35-78-54(91)46(73-5)33-40-22-24-41(87)25-23-40)57(94)82-43(18-11-27-74-62(67)68)55(92)81-44(19-12-28-75-63(69)70)56(93)84-48(32-38(3)4)58(95)83-45(20-13-29-76-64(71)72)61(98)86-30-14-21-50(86)60(97)80-42(53(66)90)17-9-10-26-65/h6-8,15-16,22-25,37-38,42-50,73,87H,9-14,17-21,26-36,65H2,1-5H3,(H2,66,90)(H,77,88)(H,78,91)(H,79,89)(H,80,97)(H,81,92)(H,82,94)(H,83,95)(H,84,93)(H,85,96)(H4,67,68,74)(H4,69,70,75)(H4,71,72,76)/t42-,43-,44-,45-,46-,47-,48+,49-,50-/m0/s1. The number of nitrogens with one attached hydrogen (secondary N) is 10. The molecule has 1 aliphatic rings. The van der Waals surface area contributed by atoms with Crippen molar-refractivity contribution in [2.45, 2.75) is 178 Å². The third-order valence-electron chi connectivity index (χ3n) is 15.7. The Balaban J connectivity index is 1.92. The number of benzene rings is 2. The van der Waals surface area contributed by atoms with Crippen molar-refractivity contribution in [1.82, 2.24) is 58.1 Å². The van der Waals surface area contributed by atoms with Gasteiger partial charge in [0.05, 0.1) is 19.1 Å². The molecule has 9 atom stereocenters. The second-order valence-electron chi connectivity index (χ2n) is 24.9. The van der Waals surface area contributed by atoms with E-state index in [-0.39, 0.29) is 139 Å². The van der Waals surface area contributed by atoms with Crippen LogP contribution in [0.2, 0.25) is 0 Å². The molecule has 0 bridgehead atoms. The fourth-order valence-corrected chi connectivity index (χ4v) is 10.7. The molecule has 1 fully saturated rings. The number of hydrogen-bond acceptors (Lipinski definition) is 17. The topological polar surface area (TPSA) is 577 Å². The minimum Gasteiger partial charge on any atom is -0.508 e. The van der Waals surface area contributed by atoms with E-state index in [9.17, 15) is 57.8 Å². The fraction of sp³-hybridized carbons (Fsp3) is 0.594. The van der Waals surface area contributed by atoms with Crippen LogP contribution < -0.4 is 99.0 Å². The van der Waals surface area contributed by atoms with Gasteiger partial charge in [-0.25, -0.2) is 0 Å².